The van der Waals surface area contributed by atoms with Crippen molar-refractivity contribution in [2.75, 3.05) is 0 Å². The highest BCUT2D eigenvalue weighted by Crippen LogP contribution is 2.42. The Labute approximate surface area is 173 Å². The van der Waals surface area contributed by atoms with Crippen molar-refractivity contribution in [3.63, 3.8) is 0 Å². The number of nitrogens with two attached hydrogens (primary N) is 1. The number of fused-ring (bicyclic) bond motifs is 2. The molecule has 5 nitrogen and oxygen atoms in total. The molecule has 30 heavy (non-hydrogen) atoms. The molecule has 0 heterocycles. The Balaban J connectivity index is 2.17. The number of primary amides is 1. The fourth-order valence-corrected chi connectivity index (χ4v) is 4.23. The fraction of sp³-hybridized carbons (Fsp3) is 0.0800. The van der Waals surface area contributed by atoms with Gasteiger partial charge in [-0.2, -0.15) is 0 Å². The van der Waals surface area contributed by atoms with E-state index in [9.17, 15) is 14.4 Å². The van der Waals surface area contributed by atoms with Crippen LogP contribution in [0.2, 0.25) is 0 Å². The minimum atomic E-state index is -1.37. The van der Waals surface area contributed by atoms with E-state index in [1.54, 1.807) is 19.1 Å². The normalized spacial score (nSPS) is 13.0. The van der Waals surface area contributed by atoms with Crippen LogP contribution in [-0.2, 0) is 10.3 Å². The van der Waals surface area contributed by atoms with Gasteiger partial charge >= 0.3 is 6.09 Å². The minimum Gasteiger partial charge on any atom is -0.433 e. The topological polar surface area (TPSA) is 86.5 Å². The molecule has 0 aliphatic rings. The molecular formula is C25H19NO4. The van der Waals surface area contributed by atoms with E-state index in [0.717, 1.165) is 10.8 Å². The summed E-state index contributed by atoms with van der Waals surface area (Å²) in [6.07, 6.45) is 0.414. The van der Waals surface area contributed by atoms with Crippen LogP contribution in [0, 0.1) is 0 Å². The minimum absolute atomic E-state index is 0.257. The van der Waals surface area contributed by atoms with Gasteiger partial charge in [0.15, 0.2) is 18.2 Å². The van der Waals surface area contributed by atoms with Crippen molar-refractivity contribution in [1.29, 1.82) is 0 Å². The first-order valence-corrected chi connectivity index (χ1v) is 9.43. The summed E-state index contributed by atoms with van der Waals surface area (Å²) in [6, 6.07) is 22.1. The van der Waals surface area contributed by atoms with Gasteiger partial charge in [0.25, 0.3) is 0 Å². The van der Waals surface area contributed by atoms with Gasteiger partial charge in [0.05, 0.1) is 0 Å². The van der Waals surface area contributed by atoms with Gasteiger partial charge in [-0.05, 0) is 34.5 Å². The molecule has 0 radical (unpaired) electrons. The Morgan fingerprint density at radius 1 is 0.833 bits per heavy atom. The maximum atomic E-state index is 12.1. The summed E-state index contributed by atoms with van der Waals surface area (Å²) in [5.74, 6) is 0. The average molecular weight is 397 g/mol. The van der Waals surface area contributed by atoms with Crippen LogP contribution in [0.4, 0.5) is 4.79 Å². The summed E-state index contributed by atoms with van der Waals surface area (Å²) in [5.41, 5.74) is 5.92. The number of hydrogen-bond donors (Lipinski definition) is 1. The lowest BCUT2D eigenvalue weighted by molar-refractivity contribution is 0.0608. The van der Waals surface area contributed by atoms with E-state index in [1.807, 2.05) is 54.6 Å². The lowest BCUT2D eigenvalue weighted by Crippen LogP contribution is -2.34. The summed E-state index contributed by atoms with van der Waals surface area (Å²) >= 11 is 0. The van der Waals surface area contributed by atoms with Crippen molar-refractivity contribution >= 4 is 40.2 Å². The summed E-state index contributed by atoms with van der Waals surface area (Å²) in [5, 5.41) is 3.12. The molecule has 0 saturated heterocycles. The van der Waals surface area contributed by atoms with Crippen LogP contribution in [0.5, 0.6) is 0 Å². The summed E-state index contributed by atoms with van der Waals surface area (Å²) in [7, 11) is 0. The van der Waals surface area contributed by atoms with Crippen molar-refractivity contribution in [2.45, 2.75) is 12.5 Å². The first-order valence-electron chi connectivity index (χ1n) is 9.43. The van der Waals surface area contributed by atoms with Crippen molar-refractivity contribution in [3.05, 3.63) is 95.1 Å². The van der Waals surface area contributed by atoms with Crippen LogP contribution < -0.4 is 5.73 Å². The van der Waals surface area contributed by atoms with E-state index in [1.165, 1.54) is 6.07 Å². The third-order valence-corrected chi connectivity index (χ3v) is 5.45. The molecule has 0 aromatic heterocycles. The molecule has 5 heteroatoms. The number of carbonyl (C=O) groups excluding carboxylic acids is 3. The third kappa shape index (κ3) is 3.01. The SMILES string of the molecule is CC(OC(N)=O)(c1cccc2ccccc12)c1c(C=O)cc(C=O)c2ccccc12. The molecular weight excluding hydrogens is 378 g/mol. The monoisotopic (exact) mass is 397 g/mol. The third-order valence-electron chi connectivity index (χ3n) is 5.45. The largest absolute Gasteiger partial charge is 0.433 e. The molecule has 1 unspecified atom stereocenters. The Morgan fingerprint density at radius 3 is 2.10 bits per heavy atom. The maximum Gasteiger partial charge on any atom is 0.405 e. The van der Waals surface area contributed by atoms with Crippen LogP contribution >= 0.6 is 0 Å². The summed E-state index contributed by atoms with van der Waals surface area (Å²) in [4.78, 5) is 35.7. The fourth-order valence-electron chi connectivity index (χ4n) is 4.23. The van der Waals surface area contributed by atoms with E-state index in [0.29, 0.717) is 40.0 Å². The van der Waals surface area contributed by atoms with E-state index in [2.05, 4.69) is 0 Å². The van der Waals surface area contributed by atoms with Crippen molar-refractivity contribution in [3.8, 4) is 0 Å². The van der Waals surface area contributed by atoms with E-state index in [-0.39, 0.29) is 5.56 Å². The van der Waals surface area contributed by atoms with Gasteiger partial charge in [0.1, 0.15) is 0 Å². The van der Waals surface area contributed by atoms with Gasteiger partial charge < -0.3 is 10.5 Å². The Kier molecular flexibility index (Phi) is 4.80. The second kappa shape index (κ2) is 7.44. The van der Waals surface area contributed by atoms with Crippen LogP contribution in [0.25, 0.3) is 21.5 Å². The van der Waals surface area contributed by atoms with Gasteiger partial charge in [-0.1, -0.05) is 66.7 Å². The average Bonchev–Trinajstić information content (AvgIpc) is 2.76. The summed E-state index contributed by atoms with van der Waals surface area (Å²) < 4.78 is 5.73. The van der Waals surface area contributed by atoms with E-state index < -0.39 is 11.7 Å². The van der Waals surface area contributed by atoms with Crippen molar-refractivity contribution in [2.24, 2.45) is 5.73 Å². The van der Waals surface area contributed by atoms with Crippen LogP contribution in [-0.4, -0.2) is 18.7 Å². The van der Waals surface area contributed by atoms with Crippen molar-refractivity contribution < 1.29 is 19.1 Å². The number of rotatable bonds is 5. The standard InChI is InChI=1S/C25H19NO4/c1-25(30-24(26)29,22-12-6-8-16-7-2-3-10-20(16)22)23-18(15-28)13-17(14-27)19-9-4-5-11-21(19)23/h2-15H,1H3,(H2,26,29). The molecule has 4 aromatic carbocycles. The van der Waals surface area contributed by atoms with Gasteiger partial charge in [0, 0.05) is 22.3 Å². The molecule has 0 spiro atoms. The first kappa shape index (κ1) is 19.3. The lowest BCUT2D eigenvalue weighted by Gasteiger charge is -2.33. The predicted octanol–water partition coefficient (Wildman–Crippen LogP) is 4.98. The van der Waals surface area contributed by atoms with E-state index >= 15 is 0 Å². The van der Waals surface area contributed by atoms with Gasteiger partial charge in [-0.3, -0.25) is 9.59 Å². The number of carbonyl (C=O) groups is 3. The second-order valence-corrected chi connectivity index (χ2v) is 7.19. The predicted molar refractivity (Wildman–Crippen MR) is 116 cm³/mol. The number of aldehydes is 2. The zero-order valence-electron chi connectivity index (χ0n) is 16.3. The van der Waals surface area contributed by atoms with E-state index in [4.69, 9.17) is 10.5 Å². The van der Waals surface area contributed by atoms with Crippen LogP contribution in [0.15, 0.2) is 72.8 Å². The zero-order chi connectivity index (χ0) is 21.3. The Hall–Kier alpha value is -3.99. The smallest absolute Gasteiger partial charge is 0.405 e. The molecule has 4 aromatic rings. The van der Waals surface area contributed by atoms with Gasteiger partial charge in [0.2, 0.25) is 0 Å². The molecule has 148 valence electrons. The molecule has 0 fully saturated rings. The first-order chi connectivity index (χ1) is 14.5. The van der Waals surface area contributed by atoms with Crippen molar-refractivity contribution in [1.82, 2.24) is 0 Å². The highest BCUT2D eigenvalue weighted by molar-refractivity contribution is 6.04. The molecule has 1 amide bonds. The van der Waals surface area contributed by atoms with Gasteiger partial charge in [-0.15, -0.1) is 0 Å². The highest BCUT2D eigenvalue weighted by Gasteiger charge is 2.38. The summed E-state index contributed by atoms with van der Waals surface area (Å²) in [6.45, 7) is 1.72. The molecule has 0 saturated carbocycles. The number of benzene rings is 4. The Bertz CT molecular complexity index is 1310. The molecule has 0 aliphatic carbocycles. The second-order valence-electron chi connectivity index (χ2n) is 7.19. The number of ether oxygens (including phenoxy) is 1. The number of hydrogen-bond acceptors (Lipinski definition) is 4. The highest BCUT2D eigenvalue weighted by atomic mass is 16.6. The van der Waals surface area contributed by atoms with Crippen LogP contribution in [0.3, 0.4) is 0 Å². The molecule has 2 N–H and O–H groups in total. The molecule has 0 aliphatic heterocycles. The Morgan fingerprint density at radius 2 is 1.43 bits per heavy atom. The van der Waals surface area contributed by atoms with Crippen LogP contribution in [0.1, 0.15) is 38.8 Å². The van der Waals surface area contributed by atoms with Gasteiger partial charge in [-0.25, -0.2) is 4.79 Å². The maximum absolute atomic E-state index is 12.1. The number of amides is 1. The quantitative estimate of drug-likeness (QED) is 0.481. The lowest BCUT2D eigenvalue weighted by atomic mass is 9.79. The molecule has 4 rings (SSSR count). The molecule has 0 bridgehead atoms. The zero-order valence-corrected chi connectivity index (χ0v) is 16.3. The molecule has 1 atom stereocenters.